The van der Waals surface area contributed by atoms with Crippen LogP contribution in [0.4, 0.5) is 0 Å². The fourth-order valence-corrected chi connectivity index (χ4v) is 7.45. The van der Waals surface area contributed by atoms with Gasteiger partial charge in [-0.1, -0.05) is 91.0 Å². The number of para-hydroxylation sites is 3. The molecule has 0 amide bonds. The molecule has 0 spiro atoms. The van der Waals surface area contributed by atoms with Crippen molar-refractivity contribution in [3.05, 3.63) is 168 Å². The Morgan fingerprint density at radius 1 is 0.400 bits per heavy atom. The van der Waals surface area contributed by atoms with Crippen molar-refractivity contribution in [1.82, 2.24) is 9.13 Å². The first-order chi connectivity index (χ1) is 24.7. The lowest BCUT2D eigenvalue weighted by molar-refractivity contribution is 1.17. The Hall–Kier alpha value is -7.39. The van der Waals surface area contributed by atoms with Crippen LogP contribution in [0.1, 0.15) is 16.7 Å². The molecular weight excluding hydrogens is 611 g/mol. The van der Waals surface area contributed by atoms with Gasteiger partial charge in [-0.15, -0.1) is 0 Å². The van der Waals surface area contributed by atoms with Crippen molar-refractivity contribution in [2.75, 3.05) is 0 Å². The van der Waals surface area contributed by atoms with Crippen molar-refractivity contribution in [2.45, 2.75) is 0 Å². The lowest BCUT2D eigenvalue weighted by Crippen LogP contribution is -1.99. The minimum Gasteiger partial charge on any atom is -0.309 e. The Labute approximate surface area is 287 Å². The summed E-state index contributed by atoms with van der Waals surface area (Å²) in [6.45, 7) is 0. The molecule has 50 heavy (non-hydrogen) atoms. The van der Waals surface area contributed by atoms with Gasteiger partial charge in [-0.3, -0.25) is 0 Å². The Morgan fingerprint density at radius 3 is 1.70 bits per heavy atom. The summed E-state index contributed by atoms with van der Waals surface area (Å²) in [4.78, 5) is 0. The quantitative estimate of drug-likeness (QED) is 0.193. The topological polar surface area (TPSA) is 81.2 Å². The number of nitriles is 3. The molecule has 0 aliphatic rings. The zero-order valence-electron chi connectivity index (χ0n) is 26.7. The smallest absolute Gasteiger partial charge is 0.101 e. The van der Waals surface area contributed by atoms with E-state index >= 15 is 0 Å². The van der Waals surface area contributed by atoms with Crippen molar-refractivity contribution < 1.29 is 0 Å². The first-order valence-electron chi connectivity index (χ1n) is 16.3. The number of hydrogen-bond donors (Lipinski definition) is 0. The predicted molar refractivity (Wildman–Crippen MR) is 200 cm³/mol. The average molecular weight is 636 g/mol. The van der Waals surface area contributed by atoms with E-state index in [9.17, 15) is 15.8 Å². The molecule has 0 atom stereocenters. The Kier molecular flexibility index (Phi) is 6.56. The Morgan fingerprint density at radius 2 is 1.00 bits per heavy atom. The molecule has 7 aromatic carbocycles. The second-order valence-electron chi connectivity index (χ2n) is 12.3. The molecule has 0 unspecified atom stereocenters. The molecule has 9 aromatic rings. The zero-order chi connectivity index (χ0) is 33.8. The van der Waals surface area contributed by atoms with E-state index in [1.54, 1.807) is 0 Å². The van der Waals surface area contributed by atoms with Gasteiger partial charge in [0.15, 0.2) is 0 Å². The summed E-state index contributed by atoms with van der Waals surface area (Å²) < 4.78 is 4.38. The lowest BCUT2D eigenvalue weighted by atomic mass is 9.92. The molecule has 0 bridgehead atoms. The van der Waals surface area contributed by atoms with Crippen LogP contribution in [0.25, 0.3) is 77.2 Å². The maximum atomic E-state index is 10.1. The normalized spacial score (nSPS) is 11.1. The number of hydrogen-bond acceptors (Lipinski definition) is 3. The lowest BCUT2D eigenvalue weighted by Gasteiger charge is -2.18. The van der Waals surface area contributed by atoms with Crippen LogP contribution in [-0.2, 0) is 0 Å². The Balaban J connectivity index is 1.23. The molecule has 2 heterocycles. The van der Waals surface area contributed by atoms with Crippen LogP contribution in [0.3, 0.4) is 0 Å². The van der Waals surface area contributed by atoms with Crippen molar-refractivity contribution >= 4 is 43.6 Å². The molecule has 2 aromatic heterocycles. The highest BCUT2D eigenvalue weighted by Crippen LogP contribution is 2.41. The van der Waals surface area contributed by atoms with Gasteiger partial charge in [0, 0.05) is 32.8 Å². The van der Waals surface area contributed by atoms with Crippen LogP contribution in [0, 0.1) is 34.0 Å². The molecule has 230 valence electrons. The Bertz CT molecular complexity index is 2900. The molecule has 0 N–H and O–H groups in total. The summed E-state index contributed by atoms with van der Waals surface area (Å²) in [5.41, 5.74) is 11.7. The van der Waals surface area contributed by atoms with Crippen molar-refractivity contribution in [3.8, 4) is 51.8 Å². The van der Waals surface area contributed by atoms with Gasteiger partial charge in [-0.05, 0) is 77.4 Å². The summed E-state index contributed by atoms with van der Waals surface area (Å²) in [6, 6.07) is 57.9. The van der Waals surface area contributed by atoms with Gasteiger partial charge in [-0.25, -0.2) is 0 Å². The van der Waals surface area contributed by atoms with Gasteiger partial charge >= 0.3 is 0 Å². The van der Waals surface area contributed by atoms with E-state index in [-0.39, 0.29) is 0 Å². The van der Waals surface area contributed by atoms with Crippen molar-refractivity contribution in [1.29, 1.82) is 15.8 Å². The van der Waals surface area contributed by atoms with Crippen LogP contribution in [0.15, 0.2) is 152 Å². The highest BCUT2D eigenvalue weighted by molar-refractivity contribution is 6.12. The highest BCUT2D eigenvalue weighted by Gasteiger charge is 2.19. The van der Waals surface area contributed by atoms with E-state index in [1.807, 2.05) is 48.5 Å². The largest absolute Gasteiger partial charge is 0.309 e. The summed E-state index contributed by atoms with van der Waals surface area (Å²) in [5, 5.41) is 33.8. The van der Waals surface area contributed by atoms with Crippen LogP contribution < -0.4 is 0 Å². The summed E-state index contributed by atoms with van der Waals surface area (Å²) in [6.07, 6.45) is 0. The minimum atomic E-state index is 0.574. The number of benzene rings is 7. The number of aromatic nitrogens is 2. The van der Waals surface area contributed by atoms with Gasteiger partial charge in [0.05, 0.1) is 56.6 Å². The van der Waals surface area contributed by atoms with Gasteiger partial charge < -0.3 is 9.13 Å². The van der Waals surface area contributed by atoms with Crippen LogP contribution in [0.2, 0.25) is 0 Å². The third kappa shape index (κ3) is 4.31. The number of nitrogens with zero attached hydrogens (tertiary/aromatic N) is 5. The highest BCUT2D eigenvalue weighted by atomic mass is 15.0. The van der Waals surface area contributed by atoms with Crippen LogP contribution in [-0.4, -0.2) is 9.13 Å². The van der Waals surface area contributed by atoms with E-state index in [0.29, 0.717) is 16.7 Å². The third-order valence-corrected chi connectivity index (χ3v) is 9.64. The molecule has 0 saturated heterocycles. The van der Waals surface area contributed by atoms with E-state index < -0.39 is 0 Å². The SMILES string of the molecule is N#Cc1ccc(-c2ccccc2-c2ccc(-n3c4ccc(C#N)cc4c4cccc(C#N)c43)cc2)c(-n2c3ccccc3c3ccccc32)c1. The van der Waals surface area contributed by atoms with E-state index in [4.69, 9.17) is 0 Å². The molecule has 5 heteroatoms. The van der Waals surface area contributed by atoms with Gasteiger partial charge in [0.1, 0.15) is 6.07 Å². The molecule has 9 rings (SSSR count). The second-order valence-corrected chi connectivity index (χ2v) is 12.3. The zero-order valence-corrected chi connectivity index (χ0v) is 26.7. The maximum Gasteiger partial charge on any atom is 0.101 e. The van der Waals surface area contributed by atoms with Gasteiger partial charge in [0.25, 0.3) is 0 Å². The van der Waals surface area contributed by atoms with Crippen LogP contribution in [0.5, 0.6) is 0 Å². The third-order valence-electron chi connectivity index (χ3n) is 9.64. The molecule has 0 aliphatic heterocycles. The van der Waals surface area contributed by atoms with E-state index in [2.05, 4.69) is 130 Å². The first kappa shape index (κ1) is 28.8. The van der Waals surface area contributed by atoms with Crippen molar-refractivity contribution in [2.24, 2.45) is 0 Å². The summed E-state index contributed by atoms with van der Waals surface area (Å²) >= 11 is 0. The second kappa shape index (κ2) is 11.4. The molecule has 0 aliphatic carbocycles. The molecular formula is C45H25N5. The molecule has 0 fully saturated rings. The number of fused-ring (bicyclic) bond motifs is 6. The predicted octanol–water partition coefficient (Wildman–Crippen LogP) is 10.8. The van der Waals surface area contributed by atoms with E-state index in [0.717, 1.165) is 77.2 Å². The molecule has 5 nitrogen and oxygen atoms in total. The van der Waals surface area contributed by atoms with Gasteiger partial charge in [-0.2, -0.15) is 15.8 Å². The summed E-state index contributed by atoms with van der Waals surface area (Å²) in [7, 11) is 0. The summed E-state index contributed by atoms with van der Waals surface area (Å²) in [5.74, 6) is 0. The van der Waals surface area contributed by atoms with Crippen LogP contribution >= 0.6 is 0 Å². The molecule has 0 radical (unpaired) electrons. The number of rotatable bonds is 4. The van der Waals surface area contributed by atoms with Crippen molar-refractivity contribution in [3.63, 3.8) is 0 Å². The maximum absolute atomic E-state index is 10.1. The minimum absolute atomic E-state index is 0.574. The van der Waals surface area contributed by atoms with Gasteiger partial charge in [0.2, 0.25) is 0 Å². The first-order valence-corrected chi connectivity index (χ1v) is 16.3. The fourth-order valence-electron chi connectivity index (χ4n) is 7.45. The van der Waals surface area contributed by atoms with E-state index in [1.165, 1.54) is 0 Å². The fraction of sp³-hybridized carbons (Fsp3) is 0. The average Bonchev–Trinajstić information content (AvgIpc) is 3.70. The molecule has 0 saturated carbocycles. The standard InChI is InChI=1S/C45H25N5/c46-26-29-17-23-43-40(24-29)39-13-7-8-32(28-48)45(39)49(43)33-20-18-31(19-21-33)34-9-1-2-10-35(34)38-22-16-30(27-47)25-44(38)50-41-14-5-3-11-36(41)37-12-4-6-15-42(37)50/h1-25H. The monoisotopic (exact) mass is 635 g/mol.